The monoisotopic (exact) mass is 976 g/mol. The molecule has 2 aliphatic rings. The minimum absolute atomic E-state index is 0. The third kappa shape index (κ3) is 42.7. The molecule has 0 unspecified atom stereocenters. The van der Waals surface area contributed by atoms with Crippen LogP contribution in [-0.4, -0.2) is 16.2 Å². The van der Waals surface area contributed by atoms with Gasteiger partial charge in [-0.2, -0.15) is 0 Å². The van der Waals surface area contributed by atoms with Crippen LogP contribution < -0.4 is 0 Å². The summed E-state index contributed by atoms with van der Waals surface area (Å²) in [7, 11) is 0. The first-order valence-corrected chi connectivity index (χ1v) is 27.0. The SMILES string of the molecule is C.CC.CC.CC.CC.CC.CC.CC(C)(C)C1=CCC=C1.CC(C)(C)C1=CN=CC1.CC(C)(C)c1cccnc1.CC(C)(C)c1ccco1.CC(C)(C)c1cccs1.CC(C)(C)c1ccncc1. The van der Waals surface area contributed by atoms with Crippen molar-refractivity contribution in [2.75, 3.05) is 0 Å². The quantitative estimate of drug-likeness (QED) is 0.176. The molecule has 0 atom stereocenters. The first-order valence-electron chi connectivity index (χ1n) is 26.1. The van der Waals surface area contributed by atoms with Crippen LogP contribution in [0.1, 0.15) is 250 Å². The smallest absolute Gasteiger partial charge is 0.109 e. The molecule has 0 radical (unpaired) electrons. The van der Waals surface area contributed by atoms with Gasteiger partial charge >= 0.3 is 0 Å². The third-order valence-electron chi connectivity index (χ3n) is 8.84. The molecule has 0 N–H and O–H groups in total. The molecule has 1 aliphatic heterocycles. The van der Waals surface area contributed by atoms with Crippen LogP contribution in [0.3, 0.4) is 0 Å². The Morgan fingerprint density at radius 1 is 0.493 bits per heavy atom. The third-order valence-corrected chi connectivity index (χ3v) is 10.1. The lowest BCUT2D eigenvalue weighted by Gasteiger charge is -2.18. The minimum Gasteiger partial charge on any atom is -0.469 e. The van der Waals surface area contributed by atoms with E-state index in [1.807, 2.05) is 144 Å². The highest BCUT2D eigenvalue weighted by Gasteiger charge is 2.18. The van der Waals surface area contributed by atoms with Crippen LogP contribution in [0.25, 0.3) is 0 Å². The van der Waals surface area contributed by atoms with Gasteiger partial charge in [0.05, 0.1) is 6.26 Å². The van der Waals surface area contributed by atoms with Crippen molar-refractivity contribution < 1.29 is 4.42 Å². The Morgan fingerprint density at radius 2 is 1.00 bits per heavy atom. The molecule has 5 heterocycles. The fourth-order valence-corrected chi connectivity index (χ4v) is 5.74. The van der Waals surface area contributed by atoms with Crippen LogP contribution in [0.2, 0.25) is 0 Å². The second kappa shape index (κ2) is 44.1. The maximum absolute atomic E-state index is 5.20. The van der Waals surface area contributed by atoms with E-state index in [2.05, 4.69) is 194 Å². The van der Waals surface area contributed by atoms with Crippen LogP contribution in [0, 0.1) is 10.8 Å². The number of rotatable bonds is 0. The molecular formula is C64H117N3OS. The molecule has 0 spiro atoms. The van der Waals surface area contributed by atoms with Crippen molar-refractivity contribution >= 4 is 17.6 Å². The molecule has 0 saturated heterocycles. The summed E-state index contributed by atoms with van der Waals surface area (Å²) in [5, 5.41) is 2.13. The first-order chi connectivity index (χ1) is 31.6. The largest absolute Gasteiger partial charge is 0.469 e. The van der Waals surface area contributed by atoms with Crippen molar-refractivity contribution in [3.05, 3.63) is 142 Å². The predicted molar refractivity (Wildman–Crippen MR) is 323 cm³/mol. The topological polar surface area (TPSA) is 51.3 Å². The summed E-state index contributed by atoms with van der Waals surface area (Å²) < 4.78 is 5.20. The van der Waals surface area contributed by atoms with Gasteiger partial charge in [0.25, 0.3) is 0 Å². The molecule has 0 saturated carbocycles. The highest BCUT2D eigenvalue weighted by molar-refractivity contribution is 7.10. The number of hydrogen-bond donors (Lipinski definition) is 0. The Balaban J connectivity index is -0.000000128. The van der Waals surface area contributed by atoms with Gasteiger partial charge in [-0.1, -0.05) is 245 Å². The van der Waals surface area contributed by atoms with Crippen molar-refractivity contribution in [3.63, 3.8) is 0 Å². The summed E-state index contributed by atoms with van der Waals surface area (Å²) in [5.74, 6) is 1.04. The highest BCUT2D eigenvalue weighted by atomic mass is 32.1. The van der Waals surface area contributed by atoms with Gasteiger partial charge < -0.3 is 4.42 Å². The molecular weight excluding hydrogens is 859 g/mol. The van der Waals surface area contributed by atoms with Gasteiger partial charge in [0.2, 0.25) is 0 Å². The zero-order valence-corrected chi connectivity index (χ0v) is 51.4. The summed E-state index contributed by atoms with van der Waals surface area (Å²) in [6.07, 6.45) is 21.9. The second-order valence-corrected chi connectivity index (χ2v) is 21.4. The number of allylic oxidation sites excluding steroid dienone is 5. The average Bonchev–Trinajstić information content (AvgIpc) is 4.17. The van der Waals surface area contributed by atoms with E-state index >= 15 is 0 Å². The molecule has 4 aromatic rings. The van der Waals surface area contributed by atoms with Crippen molar-refractivity contribution in [3.8, 4) is 0 Å². The standard InChI is InChI=1S/2C9H13N.C9H14.C8H13N.C8H12O.C8H12S.6C2H6.CH4/c1-9(2,3)8-4-6-10-7-5-8;1-9(2,3)8-5-4-6-10-7-8;1-9(2,3)8-6-4-5-7-8;1-8(2,3)7-4-5-9-6-7;2*1-8(2,3)7-5-4-6-9-7;6*1-2;/h2*4-7H,1-3H3;4,6-7H,5H2,1-3H3;5-6H,4H2,1-3H3;2*4-6H,1-3H3;6*1-2H3;1H4. The number of aliphatic imine (C=N–C) groups is 1. The molecule has 5 heteroatoms. The van der Waals surface area contributed by atoms with E-state index in [1.54, 1.807) is 12.5 Å². The summed E-state index contributed by atoms with van der Waals surface area (Å²) in [6, 6.07) is 16.4. The number of furan rings is 1. The van der Waals surface area contributed by atoms with E-state index in [4.69, 9.17) is 4.42 Å². The average molecular weight is 977 g/mol. The van der Waals surface area contributed by atoms with E-state index in [1.165, 1.54) is 27.2 Å². The Kier molecular flexibility index (Phi) is 50.7. The van der Waals surface area contributed by atoms with Crippen molar-refractivity contribution in [2.24, 2.45) is 15.8 Å². The zero-order chi connectivity index (χ0) is 54.8. The van der Waals surface area contributed by atoms with Crippen LogP contribution >= 0.6 is 11.3 Å². The Morgan fingerprint density at radius 3 is 1.20 bits per heavy atom. The fourth-order valence-electron chi connectivity index (χ4n) is 4.93. The van der Waals surface area contributed by atoms with Gasteiger partial charge in [-0.25, -0.2) is 0 Å². The molecule has 6 rings (SSSR count). The summed E-state index contributed by atoms with van der Waals surface area (Å²) in [4.78, 5) is 13.5. The Hall–Kier alpha value is -3.83. The molecule has 69 heavy (non-hydrogen) atoms. The van der Waals surface area contributed by atoms with E-state index in [0.29, 0.717) is 16.2 Å². The molecule has 0 bridgehead atoms. The molecule has 4 aromatic heterocycles. The minimum atomic E-state index is 0. The van der Waals surface area contributed by atoms with E-state index in [-0.39, 0.29) is 23.7 Å². The number of aromatic nitrogens is 2. The van der Waals surface area contributed by atoms with Crippen LogP contribution in [0.5, 0.6) is 0 Å². The number of hydrogen-bond acceptors (Lipinski definition) is 5. The molecule has 4 nitrogen and oxygen atoms in total. The zero-order valence-electron chi connectivity index (χ0n) is 50.5. The number of thiophene rings is 1. The lowest BCUT2D eigenvalue weighted by molar-refractivity contribution is 0.409. The lowest BCUT2D eigenvalue weighted by Crippen LogP contribution is -2.10. The lowest BCUT2D eigenvalue weighted by atomic mass is 9.86. The van der Waals surface area contributed by atoms with E-state index in [9.17, 15) is 0 Å². The molecule has 0 fully saturated rings. The van der Waals surface area contributed by atoms with Crippen molar-refractivity contribution in [2.45, 2.75) is 250 Å². The van der Waals surface area contributed by atoms with Gasteiger partial charge in [0, 0.05) is 53.9 Å². The van der Waals surface area contributed by atoms with Crippen molar-refractivity contribution in [1.29, 1.82) is 0 Å². The molecule has 0 aromatic carbocycles. The Bertz CT molecular complexity index is 1640. The summed E-state index contributed by atoms with van der Waals surface area (Å²) in [6.45, 7) is 63.6. The van der Waals surface area contributed by atoms with Gasteiger partial charge in [0.1, 0.15) is 5.76 Å². The van der Waals surface area contributed by atoms with Crippen LogP contribution in [0.15, 0.2) is 130 Å². The fraction of sp³-hybridized carbons (Fsp3) is 0.609. The first kappa shape index (κ1) is 79.3. The number of pyridine rings is 2. The highest BCUT2D eigenvalue weighted by Crippen LogP contribution is 2.30. The van der Waals surface area contributed by atoms with E-state index in [0.717, 1.165) is 18.6 Å². The van der Waals surface area contributed by atoms with Crippen LogP contribution in [0.4, 0.5) is 0 Å². The molecule has 0 amide bonds. The van der Waals surface area contributed by atoms with Crippen LogP contribution in [-0.2, 0) is 21.7 Å². The number of nitrogens with zero attached hydrogens (tertiary/aromatic N) is 3. The van der Waals surface area contributed by atoms with Gasteiger partial charge in [-0.05, 0) is 97.5 Å². The van der Waals surface area contributed by atoms with Gasteiger partial charge in [0.15, 0.2) is 0 Å². The predicted octanol–water partition coefficient (Wildman–Crippen LogP) is 22.5. The molecule has 1 aliphatic carbocycles. The normalized spacial score (nSPS) is 11.7. The maximum atomic E-state index is 5.20. The summed E-state index contributed by atoms with van der Waals surface area (Å²) in [5.41, 5.74) is 7.18. The van der Waals surface area contributed by atoms with E-state index < -0.39 is 0 Å². The summed E-state index contributed by atoms with van der Waals surface area (Å²) >= 11 is 1.83. The van der Waals surface area contributed by atoms with Gasteiger partial charge in [-0.15, -0.1) is 11.3 Å². The second-order valence-electron chi connectivity index (χ2n) is 20.4. The maximum Gasteiger partial charge on any atom is 0.109 e. The van der Waals surface area contributed by atoms with Crippen molar-refractivity contribution in [1.82, 2.24) is 9.97 Å². The van der Waals surface area contributed by atoms with Gasteiger partial charge in [-0.3, -0.25) is 15.0 Å². The molecule has 400 valence electrons. The Labute approximate surface area is 437 Å².